The van der Waals surface area contributed by atoms with E-state index in [1.807, 2.05) is 13.8 Å². The summed E-state index contributed by atoms with van der Waals surface area (Å²) in [7, 11) is 0. The molecule has 0 spiro atoms. The van der Waals surface area contributed by atoms with E-state index in [2.05, 4.69) is 0 Å². The van der Waals surface area contributed by atoms with E-state index in [1.54, 1.807) is 0 Å². The molecule has 0 aromatic heterocycles. The Hall–Kier alpha value is -0.160. The summed E-state index contributed by atoms with van der Waals surface area (Å²) >= 11 is 0. The van der Waals surface area contributed by atoms with Crippen molar-refractivity contribution < 1.29 is 14.2 Å². The summed E-state index contributed by atoms with van der Waals surface area (Å²) in [5, 5.41) is 0. The molecule has 2 atom stereocenters. The largest absolute Gasteiger partial charge is 0.381 e. The zero-order chi connectivity index (χ0) is 11.1. The molecule has 15 heavy (non-hydrogen) atoms. The highest BCUT2D eigenvalue weighted by Crippen LogP contribution is 2.20. The lowest BCUT2D eigenvalue weighted by Gasteiger charge is -2.32. The Bertz CT molecular complexity index is 154. The Kier molecular flexibility index (Phi) is 6.17. The SMILES string of the molecule is CCOC(OCC)C(N)C1CCCOC1. The molecule has 4 heteroatoms. The predicted octanol–water partition coefficient (Wildman–Crippen LogP) is 1.14. The molecule has 90 valence electrons. The van der Waals surface area contributed by atoms with Gasteiger partial charge in [-0.15, -0.1) is 0 Å². The van der Waals surface area contributed by atoms with Gasteiger partial charge in [0, 0.05) is 25.7 Å². The first-order chi connectivity index (χ1) is 7.29. The first kappa shape index (κ1) is 12.9. The van der Waals surface area contributed by atoms with Gasteiger partial charge in [0.25, 0.3) is 0 Å². The molecule has 2 N–H and O–H groups in total. The van der Waals surface area contributed by atoms with Gasteiger partial charge in [-0.05, 0) is 26.7 Å². The minimum Gasteiger partial charge on any atom is -0.381 e. The van der Waals surface area contributed by atoms with Crippen molar-refractivity contribution in [1.82, 2.24) is 0 Å². The van der Waals surface area contributed by atoms with Gasteiger partial charge in [-0.1, -0.05) is 0 Å². The van der Waals surface area contributed by atoms with Crippen molar-refractivity contribution in [1.29, 1.82) is 0 Å². The fraction of sp³-hybridized carbons (Fsp3) is 1.00. The molecule has 1 rings (SSSR count). The van der Waals surface area contributed by atoms with Crippen molar-refractivity contribution in [3.8, 4) is 0 Å². The Morgan fingerprint density at radius 1 is 1.33 bits per heavy atom. The van der Waals surface area contributed by atoms with Gasteiger partial charge < -0.3 is 19.9 Å². The highest BCUT2D eigenvalue weighted by atomic mass is 16.7. The Morgan fingerprint density at radius 2 is 2.00 bits per heavy atom. The van der Waals surface area contributed by atoms with Crippen LogP contribution < -0.4 is 5.73 Å². The summed E-state index contributed by atoms with van der Waals surface area (Å²) < 4.78 is 16.4. The summed E-state index contributed by atoms with van der Waals surface area (Å²) in [6.07, 6.45) is 1.91. The van der Waals surface area contributed by atoms with E-state index in [0.717, 1.165) is 26.1 Å². The van der Waals surface area contributed by atoms with E-state index in [1.165, 1.54) is 0 Å². The fourth-order valence-corrected chi connectivity index (χ4v) is 1.89. The Morgan fingerprint density at radius 3 is 2.47 bits per heavy atom. The number of ether oxygens (including phenoxy) is 3. The smallest absolute Gasteiger partial charge is 0.172 e. The van der Waals surface area contributed by atoms with Crippen LogP contribution in [0.4, 0.5) is 0 Å². The third-order valence-electron chi connectivity index (χ3n) is 2.72. The van der Waals surface area contributed by atoms with Crippen molar-refractivity contribution in [2.45, 2.75) is 39.0 Å². The molecule has 0 amide bonds. The Labute approximate surface area is 92.1 Å². The van der Waals surface area contributed by atoms with Crippen LogP contribution in [0.1, 0.15) is 26.7 Å². The number of hydrogen-bond acceptors (Lipinski definition) is 4. The molecule has 1 fully saturated rings. The van der Waals surface area contributed by atoms with Gasteiger partial charge in [-0.2, -0.15) is 0 Å². The van der Waals surface area contributed by atoms with Gasteiger partial charge in [0.15, 0.2) is 6.29 Å². The maximum Gasteiger partial charge on any atom is 0.172 e. The summed E-state index contributed by atoms with van der Waals surface area (Å²) in [6.45, 7) is 6.76. The van der Waals surface area contributed by atoms with Crippen molar-refractivity contribution in [2.75, 3.05) is 26.4 Å². The van der Waals surface area contributed by atoms with Crippen LogP contribution in [0, 0.1) is 5.92 Å². The maximum atomic E-state index is 6.13. The standard InChI is InChI=1S/C11H23NO3/c1-3-14-11(15-4-2)10(12)9-6-5-7-13-8-9/h9-11H,3-8,12H2,1-2H3. The van der Waals surface area contributed by atoms with Crippen molar-refractivity contribution in [3.05, 3.63) is 0 Å². The van der Waals surface area contributed by atoms with Gasteiger partial charge in [0.2, 0.25) is 0 Å². The van der Waals surface area contributed by atoms with Crippen LogP contribution >= 0.6 is 0 Å². The van der Waals surface area contributed by atoms with Gasteiger partial charge in [0.1, 0.15) is 0 Å². The molecule has 0 saturated carbocycles. The second-order valence-electron chi connectivity index (χ2n) is 3.83. The molecule has 1 aliphatic rings. The fourth-order valence-electron chi connectivity index (χ4n) is 1.89. The lowest BCUT2D eigenvalue weighted by Crippen LogP contribution is -2.47. The first-order valence-electron chi connectivity index (χ1n) is 5.86. The van der Waals surface area contributed by atoms with Crippen LogP contribution in [0.5, 0.6) is 0 Å². The van der Waals surface area contributed by atoms with Gasteiger partial charge in [-0.25, -0.2) is 0 Å². The van der Waals surface area contributed by atoms with Crippen molar-refractivity contribution in [2.24, 2.45) is 11.7 Å². The van der Waals surface area contributed by atoms with Gasteiger partial charge >= 0.3 is 0 Å². The second kappa shape index (κ2) is 7.17. The quantitative estimate of drug-likeness (QED) is 0.678. The molecule has 4 nitrogen and oxygen atoms in total. The highest BCUT2D eigenvalue weighted by molar-refractivity contribution is 4.78. The van der Waals surface area contributed by atoms with Crippen LogP contribution in [0.15, 0.2) is 0 Å². The molecule has 2 unspecified atom stereocenters. The molecule has 1 aliphatic heterocycles. The van der Waals surface area contributed by atoms with Crippen LogP contribution in [0.3, 0.4) is 0 Å². The number of rotatable bonds is 6. The van der Waals surface area contributed by atoms with Crippen LogP contribution in [-0.4, -0.2) is 38.8 Å². The molecule has 0 radical (unpaired) electrons. The van der Waals surface area contributed by atoms with E-state index >= 15 is 0 Å². The van der Waals surface area contributed by atoms with Crippen molar-refractivity contribution in [3.63, 3.8) is 0 Å². The third-order valence-corrected chi connectivity index (χ3v) is 2.72. The molecular weight excluding hydrogens is 194 g/mol. The van der Waals surface area contributed by atoms with Crippen LogP contribution in [-0.2, 0) is 14.2 Å². The third kappa shape index (κ3) is 4.07. The molecular formula is C11H23NO3. The van der Waals surface area contributed by atoms with E-state index < -0.39 is 0 Å². The normalized spacial score (nSPS) is 24.4. The zero-order valence-electron chi connectivity index (χ0n) is 9.78. The highest BCUT2D eigenvalue weighted by Gasteiger charge is 2.28. The minimum atomic E-state index is -0.285. The molecule has 1 heterocycles. The maximum absolute atomic E-state index is 6.13. The summed E-state index contributed by atoms with van der Waals surface area (Å²) in [6, 6.07) is -0.0785. The zero-order valence-corrected chi connectivity index (χ0v) is 9.78. The van der Waals surface area contributed by atoms with Crippen LogP contribution in [0.2, 0.25) is 0 Å². The number of hydrogen-bond donors (Lipinski definition) is 1. The monoisotopic (exact) mass is 217 g/mol. The van der Waals surface area contributed by atoms with E-state index in [-0.39, 0.29) is 12.3 Å². The molecule has 0 aromatic carbocycles. The van der Waals surface area contributed by atoms with E-state index in [0.29, 0.717) is 19.1 Å². The summed E-state index contributed by atoms with van der Waals surface area (Å²) in [5.74, 6) is 0.363. The van der Waals surface area contributed by atoms with Gasteiger partial charge in [-0.3, -0.25) is 0 Å². The van der Waals surface area contributed by atoms with Gasteiger partial charge in [0.05, 0.1) is 12.6 Å². The minimum absolute atomic E-state index is 0.0785. The molecule has 1 saturated heterocycles. The van der Waals surface area contributed by atoms with E-state index in [9.17, 15) is 0 Å². The predicted molar refractivity (Wildman–Crippen MR) is 58.6 cm³/mol. The Balaban J connectivity index is 2.41. The average molecular weight is 217 g/mol. The number of nitrogens with two attached hydrogens (primary N) is 1. The molecule has 0 aromatic rings. The summed E-state index contributed by atoms with van der Waals surface area (Å²) in [4.78, 5) is 0. The van der Waals surface area contributed by atoms with Crippen molar-refractivity contribution >= 4 is 0 Å². The van der Waals surface area contributed by atoms with Crippen LogP contribution in [0.25, 0.3) is 0 Å². The average Bonchev–Trinajstić information content (AvgIpc) is 2.29. The lowest BCUT2D eigenvalue weighted by molar-refractivity contribution is -0.162. The lowest BCUT2D eigenvalue weighted by atomic mass is 9.94. The molecule has 0 aliphatic carbocycles. The second-order valence-corrected chi connectivity index (χ2v) is 3.83. The summed E-state index contributed by atoms with van der Waals surface area (Å²) in [5.41, 5.74) is 6.13. The first-order valence-corrected chi connectivity index (χ1v) is 5.86. The topological polar surface area (TPSA) is 53.7 Å². The molecule has 0 bridgehead atoms. The van der Waals surface area contributed by atoms with E-state index in [4.69, 9.17) is 19.9 Å².